The molecule has 82 valence electrons. The molecular formula is C8H18N4O2. The number of nitrogens with zero attached hydrogens (tertiary/aromatic N) is 1. The third-order valence-corrected chi connectivity index (χ3v) is 1.61. The van der Waals surface area contributed by atoms with Gasteiger partial charge in [0, 0.05) is 6.54 Å². The third-order valence-electron chi connectivity index (χ3n) is 1.61. The number of carbonyl (C=O) groups excluding carboxylic acids is 2. The van der Waals surface area contributed by atoms with Gasteiger partial charge in [-0.05, 0) is 11.8 Å². The number of amides is 4. The van der Waals surface area contributed by atoms with Crippen LogP contribution < -0.4 is 16.9 Å². The molecule has 0 saturated heterocycles. The van der Waals surface area contributed by atoms with Gasteiger partial charge in [-0.1, -0.05) is 20.8 Å². The topological polar surface area (TPSA) is 101 Å². The Kier molecular flexibility index (Phi) is 4.36. The molecule has 0 aromatic rings. The zero-order valence-corrected chi connectivity index (χ0v) is 8.83. The van der Waals surface area contributed by atoms with Crippen LogP contribution in [-0.4, -0.2) is 23.6 Å². The second-order valence-corrected chi connectivity index (χ2v) is 4.25. The molecule has 6 nitrogen and oxygen atoms in total. The smallest absolute Gasteiger partial charge is 0.340 e. The van der Waals surface area contributed by atoms with E-state index in [1.54, 1.807) is 0 Å². The predicted molar refractivity (Wildman–Crippen MR) is 53.1 cm³/mol. The summed E-state index contributed by atoms with van der Waals surface area (Å²) < 4.78 is 0. The minimum atomic E-state index is -0.974. The van der Waals surface area contributed by atoms with Crippen LogP contribution in [0.5, 0.6) is 0 Å². The highest BCUT2D eigenvalue weighted by Crippen LogP contribution is 2.16. The largest absolute Gasteiger partial charge is 0.350 e. The summed E-state index contributed by atoms with van der Waals surface area (Å²) in [6.45, 7) is 6.61. The monoisotopic (exact) mass is 202 g/mol. The van der Waals surface area contributed by atoms with Crippen LogP contribution in [0.15, 0.2) is 0 Å². The van der Waals surface area contributed by atoms with E-state index in [4.69, 9.17) is 11.6 Å². The average Bonchev–Trinajstić information content (AvgIpc) is 2.00. The molecule has 0 aromatic heterocycles. The van der Waals surface area contributed by atoms with Crippen molar-refractivity contribution in [3.8, 4) is 0 Å². The van der Waals surface area contributed by atoms with Crippen molar-refractivity contribution in [2.45, 2.75) is 27.2 Å². The van der Waals surface area contributed by atoms with Crippen LogP contribution in [0.25, 0.3) is 0 Å². The summed E-state index contributed by atoms with van der Waals surface area (Å²) in [6, 6.07) is -1.65. The molecule has 0 aliphatic carbocycles. The first-order chi connectivity index (χ1) is 6.24. The highest BCUT2D eigenvalue weighted by atomic mass is 16.2. The van der Waals surface area contributed by atoms with Crippen molar-refractivity contribution in [2.75, 3.05) is 6.54 Å². The fraction of sp³-hybridized carbons (Fsp3) is 0.750. The number of imide groups is 1. The SMILES string of the molecule is CC(C)(C)CCNC(=O)N(N)C(N)=O. The van der Waals surface area contributed by atoms with Gasteiger partial charge in [0.1, 0.15) is 0 Å². The van der Waals surface area contributed by atoms with Gasteiger partial charge in [0.2, 0.25) is 0 Å². The van der Waals surface area contributed by atoms with Crippen LogP contribution in [0.1, 0.15) is 27.2 Å². The minimum Gasteiger partial charge on any atom is -0.350 e. The molecule has 14 heavy (non-hydrogen) atoms. The highest BCUT2D eigenvalue weighted by Gasteiger charge is 2.15. The van der Waals surface area contributed by atoms with Crippen molar-refractivity contribution < 1.29 is 9.59 Å². The molecule has 0 atom stereocenters. The van der Waals surface area contributed by atoms with E-state index in [1.807, 2.05) is 20.8 Å². The summed E-state index contributed by atoms with van der Waals surface area (Å²) in [5.74, 6) is 5.06. The van der Waals surface area contributed by atoms with Gasteiger partial charge >= 0.3 is 12.1 Å². The molecule has 0 unspecified atom stereocenters. The van der Waals surface area contributed by atoms with Crippen LogP contribution in [-0.2, 0) is 0 Å². The van der Waals surface area contributed by atoms with E-state index >= 15 is 0 Å². The van der Waals surface area contributed by atoms with Crippen molar-refractivity contribution in [1.82, 2.24) is 10.3 Å². The number of nitrogens with one attached hydrogen (secondary N) is 1. The molecule has 0 spiro atoms. The van der Waals surface area contributed by atoms with E-state index in [1.165, 1.54) is 0 Å². The van der Waals surface area contributed by atoms with Crippen molar-refractivity contribution >= 4 is 12.1 Å². The van der Waals surface area contributed by atoms with Crippen LogP contribution >= 0.6 is 0 Å². The summed E-state index contributed by atoms with van der Waals surface area (Å²) in [5, 5.41) is 2.83. The van der Waals surface area contributed by atoms with Gasteiger partial charge < -0.3 is 11.1 Å². The molecule has 0 rings (SSSR count). The minimum absolute atomic E-state index is 0.124. The van der Waals surface area contributed by atoms with Gasteiger partial charge in [-0.2, -0.15) is 5.01 Å². The molecule has 0 aromatic carbocycles. The second-order valence-electron chi connectivity index (χ2n) is 4.25. The van der Waals surface area contributed by atoms with Gasteiger partial charge in [-0.25, -0.2) is 15.4 Å². The lowest BCUT2D eigenvalue weighted by atomic mass is 9.92. The molecule has 0 radical (unpaired) electrons. The van der Waals surface area contributed by atoms with Crippen LogP contribution in [0.4, 0.5) is 9.59 Å². The number of urea groups is 2. The Morgan fingerprint density at radius 3 is 2.21 bits per heavy atom. The standard InChI is InChI=1S/C8H18N4O2/c1-8(2,3)4-5-11-7(14)12(10)6(9)13/h4-5,10H2,1-3H3,(H2,9,13)(H,11,14). The number of primary amides is 1. The fourth-order valence-electron chi connectivity index (χ4n) is 0.730. The Hall–Kier alpha value is -1.30. The zero-order valence-electron chi connectivity index (χ0n) is 8.83. The molecule has 0 aliphatic rings. The van der Waals surface area contributed by atoms with Crippen molar-refractivity contribution in [1.29, 1.82) is 0 Å². The number of hydrogen-bond donors (Lipinski definition) is 3. The predicted octanol–water partition coefficient (Wildman–Crippen LogP) is 0.387. The van der Waals surface area contributed by atoms with E-state index in [2.05, 4.69) is 5.32 Å². The normalized spacial score (nSPS) is 10.9. The number of nitrogens with two attached hydrogens (primary N) is 2. The lowest BCUT2D eigenvalue weighted by Gasteiger charge is -2.19. The van der Waals surface area contributed by atoms with Crippen molar-refractivity contribution in [3.63, 3.8) is 0 Å². The lowest BCUT2D eigenvalue weighted by Crippen LogP contribution is -2.51. The Balaban J connectivity index is 3.81. The van der Waals surface area contributed by atoms with Crippen LogP contribution in [0, 0.1) is 5.41 Å². The first-order valence-corrected chi connectivity index (χ1v) is 4.36. The summed E-state index contributed by atoms with van der Waals surface area (Å²) in [6.07, 6.45) is 0.797. The van der Waals surface area contributed by atoms with E-state index in [0.29, 0.717) is 11.6 Å². The molecule has 4 amide bonds. The van der Waals surface area contributed by atoms with Crippen LogP contribution in [0.3, 0.4) is 0 Å². The first kappa shape index (κ1) is 12.7. The van der Waals surface area contributed by atoms with Crippen LogP contribution in [0.2, 0.25) is 0 Å². The number of hydrazine groups is 1. The Bertz CT molecular complexity index is 222. The maximum Gasteiger partial charge on any atom is 0.340 e. The summed E-state index contributed by atoms with van der Waals surface area (Å²) in [5.41, 5.74) is 4.92. The van der Waals surface area contributed by atoms with Gasteiger partial charge in [0.15, 0.2) is 0 Å². The molecule has 0 fully saturated rings. The quantitative estimate of drug-likeness (QED) is 0.343. The van der Waals surface area contributed by atoms with Crippen molar-refractivity contribution in [3.05, 3.63) is 0 Å². The fourth-order valence-corrected chi connectivity index (χ4v) is 0.730. The third kappa shape index (κ3) is 5.36. The van der Waals surface area contributed by atoms with E-state index in [0.717, 1.165) is 6.42 Å². The van der Waals surface area contributed by atoms with E-state index in [9.17, 15) is 9.59 Å². The first-order valence-electron chi connectivity index (χ1n) is 4.36. The van der Waals surface area contributed by atoms with Gasteiger partial charge in [-0.15, -0.1) is 0 Å². The maximum atomic E-state index is 11.1. The van der Waals surface area contributed by atoms with E-state index < -0.39 is 12.1 Å². The zero-order chi connectivity index (χ0) is 11.4. The Morgan fingerprint density at radius 2 is 1.86 bits per heavy atom. The lowest BCUT2D eigenvalue weighted by molar-refractivity contribution is 0.191. The average molecular weight is 202 g/mol. The van der Waals surface area contributed by atoms with Gasteiger partial charge in [0.05, 0.1) is 0 Å². The number of carbonyl (C=O) groups is 2. The number of rotatable bonds is 2. The molecule has 0 aliphatic heterocycles. The second kappa shape index (κ2) is 4.80. The summed E-state index contributed by atoms with van der Waals surface area (Å²) in [4.78, 5) is 21.5. The molecule has 0 saturated carbocycles. The Labute approximate surface area is 83.6 Å². The van der Waals surface area contributed by atoms with Gasteiger partial charge in [-0.3, -0.25) is 0 Å². The summed E-state index contributed by atoms with van der Waals surface area (Å²) >= 11 is 0. The van der Waals surface area contributed by atoms with Crippen molar-refractivity contribution in [2.24, 2.45) is 17.0 Å². The van der Waals surface area contributed by atoms with Gasteiger partial charge in [0.25, 0.3) is 0 Å². The Morgan fingerprint density at radius 1 is 1.36 bits per heavy atom. The summed E-state index contributed by atoms with van der Waals surface area (Å²) in [7, 11) is 0. The maximum absolute atomic E-state index is 11.1. The molecule has 5 N–H and O–H groups in total. The highest BCUT2D eigenvalue weighted by molar-refractivity contribution is 5.91. The molecule has 0 bridgehead atoms. The molecular weight excluding hydrogens is 184 g/mol. The van der Waals surface area contributed by atoms with E-state index in [-0.39, 0.29) is 5.41 Å². The number of hydrogen-bond acceptors (Lipinski definition) is 3. The molecule has 0 heterocycles. The molecule has 6 heteroatoms.